The van der Waals surface area contributed by atoms with Crippen molar-refractivity contribution in [1.82, 2.24) is 10.3 Å². The fourth-order valence-electron chi connectivity index (χ4n) is 2.08. The van der Waals surface area contributed by atoms with Crippen LogP contribution in [0.2, 0.25) is 0 Å². The lowest BCUT2D eigenvalue weighted by Crippen LogP contribution is -2.16. The van der Waals surface area contributed by atoms with Crippen molar-refractivity contribution in [2.24, 2.45) is 5.92 Å². The molecule has 3 nitrogen and oxygen atoms in total. The Morgan fingerprint density at radius 1 is 1.17 bits per heavy atom. The highest BCUT2D eigenvalue weighted by Gasteiger charge is 2.21. The summed E-state index contributed by atoms with van der Waals surface area (Å²) in [7, 11) is 0. The Morgan fingerprint density at radius 3 is 2.78 bits per heavy atom. The monoisotopic (exact) mass is 246 g/mol. The third-order valence-corrected chi connectivity index (χ3v) is 3.63. The zero-order valence-electron chi connectivity index (χ0n) is 10.9. The zero-order chi connectivity index (χ0) is 12.2. The molecule has 1 N–H and O–H groups in total. The minimum absolute atomic E-state index is 0.657. The van der Waals surface area contributed by atoms with E-state index in [2.05, 4.69) is 28.5 Å². The van der Waals surface area contributed by atoms with Crippen LogP contribution in [0.3, 0.4) is 0 Å². The van der Waals surface area contributed by atoms with Gasteiger partial charge in [-0.05, 0) is 37.3 Å². The topological polar surface area (TPSA) is 34.2 Å². The predicted molar refractivity (Wildman–Crippen MR) is 71.1 cm³/mol. The first-order chi connectivity index (χ1) is 8.90. The van der Waals surface area contributed by atoms with Gasteiger partial charge in [0.25, 0.3) is 0 Å². The van der Waals surface area contributed by atoms with Gasteiger partial charge in [-0.3, -0.25) is 4.98 Å². The van der Waals surface area contributed by atoms with Crippen LogP contribution in [0.1, 0.15) is 43.5 Å². The smallest absolute Gasteiger partial charge is 0.0887 e. The van der Waals surface area contributed by atoms with Gasteiger partial charge in [0.1, 0.15) is 0 Å². The summed E-state index contributed by atoms with van der Waals surface area (Å²) in [5, 5.41) is 3.49. The number of aromatic nitrogens is 1. The molecule has 18 heavy (non-hydrogen) atoms. The van der Waals surface area contributed by atoms with Gasteiger partial charge >= 0.3 is 0 Å². The molecule has 2 fully saturated rings. The lowest BCUT2D eigenvalue weighted by molar-refractivity contribution is 0.112. The van der Waals surface area contributed by atoms with Gasteiger partial charge in [-0.25, -0.2) is 0 Å². The molecule has 0 aromatic carbocycles. The number of nitrogens with zero attached hydrogens (tertiary/aromatic N) is 1. The summed E-state index contributed by atoms with van der Waals surface area (Å²) >= 11 is 0. The van der Waals surface area contributed by atoms with E-state index in [9.17, 15) is 0 Å². The highest BCUT2D eigenvalue weighted by atomic mass is 16.5. The van der Waals surface area contributed by atoms with E-state index in [-0.39, 0.29) is 0 Å². The molecule has 2 aliphatic carbocycles. The molecule has 0 saturated heterocycles. The van der Waals surface area contributed by atoms with Gasteiger partial charge in [-0.2, -0.15) is 0 Å². The van der Waals surface area contributed by atoms with Crippen LogP contribution in [-0.2, 0) is 17.9 Å². The molecular weight excluding hydrogens is 224 g/mol. The van der Waals surface area contributed by atoms with Gasteiger partial charge in [0.15, 0.2) is 0 Å². The summed E-state index contributed by atoms with van der Waals surface area (Å²) in [5.41, 5.74) is 2.19. The number of ether oxygens (including phenoxy) is 1. The first-order valence-electron chi connectivity index (χ1n) is 7.16. The van der Waals surface area contributed by atoms with Gasteiger partial charge in [-0.15, -0.1) is 0 Å². The van der Waals surface area contributed by atoms with Crippen LogP contribution >= 0.6 is 0 Å². The Balaban J connectivity index is 1.40. The largest absolute Gasteiger partial charge is 0.375 e. The Kier molecular flexibility index (Phi) is 3.91. The van der Waals surface area contributed by atoms with Gasteiger partial charge < -0.3 is 10.1 Å². The maximum Gasteiger partial charge on any atom is 0.0887 e. The van der Waals surface area contributed by atoms with E-state index in [1.165, 1.54) is 32.1 Å². The normalized spacial score (nSPS) is 19.1. The summed E-state index contributed by atoms with van der Waals surface area (Å²) < 4.78 is 5.68. The molecule has 0 spiro atoms. The molecule has 2 aliphatic rings. The molecule has 3 heteroatoms. The SMILES string of the molecule is c1cc(CNC2CC2)nc(COCCC2CC2)c1. The fraction of sp³-hybridized carbons (Fsp3) is 0.667. The van der Waals surface area contributed by atoms with Crippen molar-refractivity contribution in [3.63, 3.8) is 0 Å². The Labute approximate surface area is 109 Å². The van der Waals surface area contributed by atoms with Crippen molar-refractivity contribution in [2.75, 3.05) is 6.61 Å². The second-order valence-electron chi connectivity index (χ2n) is 5.56. The van der Waals surface area contributed by atoms with Crippen LogP contribution in [0.25, 0.3) is 0 Å². The summed E-state index contributed by atoms with van der Waals surface area (Å²) in [6, 6.07) is 6.96. The molecule has 0 atom stereocenters. The van der Waals surface area contributed by atoms with E-state index < -0.39 is 0 Å². The van der Waals surface area contributed by atoms with Crippen LogP contribution in [0.5, 0.6) is 0 Å². The molecule has 0 aliphatic heterocycles. The molecule has 1 heterocycles. The summed E-state index contributed by atoms with van der Waals surface area (Å²) in [6.45, 7) is 2.43. The highest BCUT2D eigenvalue weighted by molar-refractivity contribution is 5.10. The lowest BCUT2D eigenvalue weighted by Gasteiger charge is -2.06. The van der Waals surface area contributed by atoms with Gasteiger partial charge in [0.05, 0.1) is 18.0 Å². The summed E-state index contributed by atoms with van der Waals surface area (Å²) in [4.78, 5) is 4.62. The van der Waals surface area contributed by atoms with E-state index in [1.54, 1.807) is 0 Å². The molecule has 0 amide bonds. The van der Waals surface area contributed by atoms with Crippen LogP contribution in [0.15, 0.2) is 18.2 Å². The van der Waals surface area contributed by atoms with Gasteiger partial charge in [0, 0.05) is 19.2 Å². The van der Waals surface area contributed by atoms with Crippen molar-refractivity contribution in [3.05, 3.63) is 29.6 Å². The zero-order valence-corrected chi connectivity index (χ0v) is 10.9. The van der Waals surface area contributed by atoms with Crippen molar-refractivity contribution in [1.29, 1.82) is 0 Å². The van der Waals surface area contributed by atoms with E-state index in [0.717, 1.165) is 36.5 Å². The highest BCUT2D eigenvalue weighted by Crippen LogP contribution is 2.32. The van der Waals surface area contributed by atoms with Crippen molar-refractivity contribution < 1.29 is 4.74 Å². The molecule has 1 aromatic heterocycles. The molecular formula is C15H22N2O. The standard InChI is InChI=1S/C15H22N2O/c1-2-14(10-16-13-6-7-13)17-15(3-1)11-18-9-8-12-4-5-12/h1-3,12-13,16H,4-11H2. The van der Waals surface area contributed by atoms with E-state index >= 15 is 0 Å². The van der Waals surface area contributed by atoms with E-state index in [1.807, 2.05) is 0 Å². The first kappa shape index (κ1) is 12.1. The van der Waals surface area contributed by atoms with Crippen LogP contribution in [-0.4, -0.2) is 17.6 Å². The molecule has 3 rings (SSSR count). The van der Waals surface area contributed by atoms with Crippen LogP contribution in [0, 0.1) is 5.92 Å². The Bertz CT molecular complexity index is 386. The fourth-order valence-corrected chi connectivity index (χ4v) is 2.08. The molecule has 0 bridgehead atoms. The minimum atomic E-state index is 0.657. The van der Waals surface area contributed by atoms with E-state index in [0.29, 0.717) is 6.61 Å². The second-order valence-corrected chi connectivity index (χ2v) is 5.56. The number of hydrogen-bond acceptors (Lipinski definition) is 3. The van der Waals surface area contributed by atoms with Crippen LogP contribution in [0.4, 0.5) is 0 Å². The number of pyridine rings is 1. The van der Waals surface area contributed by atoms with Crippen molar-refractivity contribution in [2.45, 2.75) is 51.3 Å². The van der Waals surface area contributed by atoms with E-state index in [4.69, 9.17) is 4.74 Å². The lowest BCUT2D eigenvalue weighted by atomic mass is 10.3. The number of hydrogen-bond donors (Lipinski definition) is 1. The number of nitrogens with one attached hydrogen (secondary N) is 1. The predicted octanol–water partition coefficient (Wildman–Crippen LogP) is 2.65. The van der Waals surface area contributed by atoms with Crippen molar-refractivity contribution >= 4 is 0 Å². The third-order valence-electron chi connectivity index (χ3n) is 3.63. The average Bonchev–Trinajstić information content (AvgIpc) is 3.27. The maximum absolute atomic E-state index is 5.68. The van der Waals surface area contributed by atoms with Crippen LogP contribution < -0.4 is 5.32 Å². The average molecular weight is 246 g/mol. The second kappa shape index (κ2) is 5.81. The van der Waals surface area contributed by atoms with Gasteiger partial charge in [-0.1, -0.05) is 18.9 Å². The molecule has 1 aromatic rings. The number of rotatable bonds is 8. The molecule has 2 saturated carbocycles. The summed E-state index contributed by atoms with van der Waals surface area (Å²) in [5.74, 6) is 0.951. The third kappa shape index (κ3) is 4.07. The minimum Gasteiger partial charge on any atom is -0.375 e. The molecule has 0 unspecified atom stereocenters. The maximum atomic E-state index is 5.68. The molecule has 98 valence electrons. The van der Waals surface area contributed by atoms with Crippen molar-refractivity contribution in [3.8, 4) is 0 Å². The quantitative estimate of drug-likeness (QED) is 0.716. The Hall–Kier alpha value is -0.930. The van der Waals surface area contributed by atoms with Gasteiger partial charge in [0.2, 0.25) is 0 Å². The summed E-state index contributed by atoms with van der Waals surface area (Å²) in [6.07, 6.45) is 6.69. The molecule has 0 radical (unpaired) electrons. The Morgan fingerprint density at radius 2 is 2.00 bits per heavy atom. The first-order valence-corrected chi connectivity index (χ1v) is 7.16.